The second kappa shape index (κ2) is 6.20. The smallest absolute Gasteiger partial charge is 0.180 e. The van der Waals surface area contributed by atoms with Crippen LogP contribution in [0.5, 0.6) is 0 Å². The molecule has 24 heavy (non-hydrogen) atoms. The second-order valence-corrected chi connectivity index (χ2v) is 7.71. The summed E-state index contributed by atoms with van der Waals surface area (Å²) in [5.41, 5.74) is 1.99. The van der Waals surface area contributed by atoms with Gasteiger partial charge in [-0.15, -0.1) is 0 Å². The van der Waals surface area contributed by atoms with E-state index >= 15 is 0 Å². The van der Waals surface area contributed by atoms with Gasteiger partial charge in [0, 0.05) is 26.4 Å². The predicted octanol–water partition coefficient (Wildman–Crippen LogP) is 1.67. The van der Waals surface area contributed by atoms with Crippen molar-refractivity contribution in [3.05, 3.63) is 42.6 Å². The summed E-state index contributed by atoms with van der Waals surface area (Å²) in [4.78, 5) is 14.7. The number of fused-ring (bicyclic) bond motifs is 1. The molecule has 2 aromatic heterocycles. The Hall–Kier alpha value is -2.48. The molecule has 0 amide bonds. The van der Waals surface area contributed by atoms with Crippen molar-refractivity contribution in [2.75, 3.05) is 24.7 Å². The van der Waals surface area contributed by atoms with E-state index < -0.39 is 9.84 Å². The minimum atomic E-state index is -3.39. The van der Waals surface area contributed by atoms with E-state index in [0.717, 1.165) is 11.0 Å². The van der Waals surface area contributed by atoms with Crippen molar-refractivity contribution in [3.8, 4) is 0 Å². The number of aryl methyl sites for hydroxylation is 1. The molecule has 8 heteroatoms. The summed E-state index contributed by atoms with van der Waals surface area (Å²) in [6, 6.07) is 7.90. The lowest BCUT2D eigenvalue weighted by Gasteiger charge is -2.21. The molecule has 3 aromatic rings. The molecule has 0 fully saturated rings. The van der Waals surface area contributed by atoms with Gasteiger partial charge in [-0.2, -0.15) is 0 Å². The van der Waals surface area contributed by atoms with Crippen LogP contribution in [0, 0.1) is 6.92 Å². The zero-order valence-corrected chi connectivity index (χ0v) is 14.7. The minimum Gasteiger partial charge on any atom is -0.357 e. The third-order valence-electron chi connectivity index (χ3n) is 3.82. The monoisotopic (exact) mass is 345 g/mol. The lowest BCUT2D eigenvalue weighted by Crippen LogP contribution is -2.25. The maximum atomic E-state index is 12.0. The Morgan fingerprint density at radius 1 is 1.21 bits per heavy atom. The van der Waals surface area contributed by atoms with Crippen LogP contribution < -0.4 is 4.90 Å². The molecule has 0 unspecified atom stereocenters. The van der Waals surface area contributed by atoms with E-state index in [1.165, 1.54) is 12.5 Å². The van der Waals surface area contributed by atoms with Gasteiger partial charge in [0.15, 0.2) is 15.7 Å². The number of aromatic nitrogens is 4. The molecule has 0 N–H and O–H groups in total. The fourth-order valence-electron chi connectivity index (χ4n) is 2.53. The van der Waals surface area contributed by atoms with Crippen molar-refractivity contribution in [2.45, 2.75) is 18.4 Å². The standard InChI is InChI=1S/C16H19N5O2S/c1-12-17-10-15(24(3,22)23)16(19-12)20(2)8-9-21-11-18-13-6-4-5-7-14(13)21/h4-7,10-11H,8-9H2,1-3H3. The number of para-hydroxylation sites is 2. The van der Waals surface area contributed by atoms with Crippen LogP contribution >= 0.6 is 0 Å². The largest absolute Gasteiger partial charge is 0.357 e. The van der Waals surface area contributed by atoms with E-state index in [4.69, 9.17) is 0 Å². The summed E-state index contributed by atoms with van der Waals surface area (Å²) in [5, 5.41) is 0. The number of nitrogens with zero attached hydrogens (tertiary/aromatic N) is 5. The average molecular weight is 345 g/mol. The number of hydrogen-bond acceptors (Lipinski definition) is 6. The third-order valence-corrected chi connectivity index (χ3v) is 4.91. The summed E-state index contributed by atoms with van der Waals surface area (Å²) >= 11 is 0. The highest BCUT2D eigenvalue weighted by Gasteiger charge is 2.19. The summed E-state index contributed by atoms with van der Waals surface area (Å²) < 4.78 is 26.0. The van der Waals surface area contributed by atoms with Gasteiger partial charge in [0.1, 0.15) is 10.7 Å². The number of rotatable bonds is 5. The molecule has 2 heterocycles. The molecule has 0 saturated carbocycles. The second-order valence-electron chi connectivity index (χ2n) is 5.73. The van der Waals surface area contributed by atoms with Gasteiger partial charge in [-0.05, 0) is 19.1 Å². The van der Waals surface area contributed by atoms with Gasteiger partial charge < -0.3 is 9.47 Å². The van der Waals surface area contributed by atoms with Crippen LogP contribution in [0.3, 0.4) is 0 Å². The van der Waals surface area contributed by atoms with E-state index in [-0.39, 0.29) is 4.90 Å². The highest BCUT2D eigenvalue weighted by atomic mass is 32.2. The van der Waals surface area contributed by atoms with Crippen molar-refractivity contribution in [1.82, 2.24) is 19.5 Å². The van der Waals surface area contributed by atoms with Gasteiger partial charge in [-0.1, -0.05) is 12.1 Å². The molecule has 3 rings (SSSR count). The Labute approximate surface area is 140 Å². The van der Waals surface area contributed by atoms with E-state index in [2.05, 4.69) is 15.0 Å². The first kappa shape index (κ1) is 16.4. The lowest BCUT2D eigenvalue weighted by molar-refractivity contribution is 0.599. The van der Waals surface area contributed by atoms with Gasteiger partial charge in [0.2, 0.25) is 0 Å². The first-order chi connectivity index (χ1) is 11.4. The van der Waals surface area contributed by atoms with Crippen LogP contribution in [0.4, 0.5) is 5.82 Å². The minimum absolute atomic E-state index is 0.145. The SMILES string of the molecule is Cc1ncc(S(C)(=O)=O)c(N(C)CCn2cnc3ccccc32)n1. The lowest BCUT2D eigenvalue weighted by atomic mass is 10.3. The molecular formula is C16H19N5O2S. The van der Waals surface area contributed by atoms with E-state index in [1.807, 2.05) is 40.8 Å². The molecule has 0 aliphatic rings. The Kier molecular flexibility index (Phi) is 4.23. The molecule has 0 aliphatic heterocycles. The van der Waals surface area contributed by atoms with Crippen molar-refractivity contribution >= 4 is 26.7 Å². The highest BCUT2D eigenvalue weighted by molar-refractivity contribution is 7.90. The maximum absolute atomic E-state index is 12.0. The number of benzene rings is 1. The van der Waals surface area contributed by atoms with Crippen molar-refractivity contribution in [1.29, 1.82) is 0 Å². The van der Waals surface area contributed by atoms with Gasteiger partial charge in [-0.25, -0.2) is 23.4 Å². The summed E-state index contributed by atoms with van der Waals surface area (Å²) in [6.07, 6.45) is 4.33. The number of anilines is 1. The number of imidazole rings is 1. The summed E-state index contributed by atoms with van der Waals surface area (Å²) in [5.74, 6) is 0.965. The Bertz CT molecular complexity index is 981. The van der Waals surface area contributed by atoms with Crippen molar-refractivity contribution in [3.63, 3.8) is 0 Å². The van der Waals surface area contributed by atoms with Gasteiger partial charge in [0.25, 0.3) is 0 Å². The molecule has 0 aliphatic carbocycles. The molecule has 1 aromatic carbocycles. The Balaban J connectivity index is 1.85. The van der Waals surface area contributed by atoms with Crippen LogP contribution in [-0.4, -0.2) is 47.8 Å². The summed E-state index contributed by atoms with van der Waals surface area (Å²) in [6.45, 7) is 3.01. The fraction of sp³-hybridized carbons (Fsp3) is 0.312. The number of sulfone groups is 1. The van der Waals surface area contributed by atoms with Gasteiger partial charge in [-0.3, -0.25) is 0 Å². The molecule has 0 spiro atoms. The average Bonchev–Trinajstić information content (AvgIpc) is 2.94. The fourth-order valence-corrected chi connectivity index (χ4v) is 3.31. The van der Waals surface area contributed by atoms with Gasteiger partial charge in [0.05, 0.1) is 23.6 Å². The molecular weight excluding hydrogens is 326 g/mol. The van der Waals surface area contributed by atoms with Crippen molar-refractivity contribution in [2.24, 2.45) is 0 Å². The van der Waals surface area contributed by atoms with Crippen LogP contribution in [0.15, 0.2) is 41.7 Å². The first-order valence-electron chi connectivity index (χ1n) is 7.51. The molecule has 0 atom stereocenters. The highest BCUT2D eigenvalue weighted by Crippen LogP contribution is 2.21. The molecule has 0 bridgehead atoms. The molecule has 7 nitrogen and oxygen atoms in total. The molecule has 126 valence electrons. The van der Waals surface area contributed by atoms with E-state index in [0.29, 0.717) is 24.7 Å². The zero-order chi connectivity index (χ0) is 17.3. The predicted molar refractivity (Wildman–Crippen MR) is 92.9 cm³/mol. The zero-order valence-electron chi connectivity index (χ0n) is 13.8. The maximum Gasteiger partial charge on any atom is 0.180 e. The van der Waals surface area contributed by atoms with Crippen LogP contribution in [0.2, 0.25) is 0 Å². The first-order valence-corrected chi connectivity index (χ1v) is 9.40. The Morgan fingerprint density at radius 2 is 1.96 bits per heavy atom. The topological polar surface area (TPSA) is 81.0 Å². The Morgan fingerprint density at radius 3 is 2.71 bits per heavy atom. The number of likely N-dealkylation sites (N-methyl/N-ethyl adjacent to an activating group) is 1. The van der Waals surface area contributed by atoms with E-state index in [1.54, 1.807) is 13.3 Å². The molecule has 0 radical (unpaired) electrons. The molecule has 0 saturated heterocycles. The normalized spacial score (nSPS) is 11.8. The van der Waals surface area contributed by atoms with Crippen molar-refractivity contribution < 1.29 is 8.42 Å². The van der Waals surface area contributed by atoms with Crippen LogP contribution in [-0.2, 0) is 16.4 Å². The quantitative estimate of drug-likeness (QED) is 0.700. The van der Waals surface area contributed by atoms with E-state index in [9.17, 15) is 8.42 Å². The van der Waals surface area contributed by atoms with Gasteiger partial charge >= 0.3 is 0 Å². The summed E-state index contributed by atoms with van der Waals surface area (Å²) in [7, 11) is -1.56. The van der Waals surface area contributed by atoms with Crippen LogP contribution in [0.1, 0.15) is 5.82 Å². The number of hydrogen-bond donors (Lipinski definition) is 0. The third kappa shape index (κ3) is 3.23. The van der Waals surface area contributed by atoms with Crippen LogP contribution in [0.25, 0.3) is 11.0 Å².